The maximum absolute atomic E-state index is 6.29. The highest BCUT2D eigenvalue weighted by Gasteiger charge is 2.14. The topological polar surface area (TPSA) is 36.3 Å². The van der Waals surface area contributed by atoms with Crippen LogP contribution in [0.4, 0.5) is 5.82 Å². The summed E-state index contributed by atoms with van der Waals surface area (Å²) in [5.74, 6) is 0.986. The van der Waals surface area contributed by atoms with Gasteiger partial charge in [-0.1, -0.05) is 24.4 Å². The molecule has 176 valence electrons. The number of likely N-dealkylation sites (tertiary alicyclic amines) is 2. The zero-order valence-corrected chi connectivity index (χ0v) is 20.9. The molecular formula is C23H38Cl3N5. The largest absolute Gasteiger partial charge is 0.368 e. The number of nitrogens with one attached hydrogen (secondary N) is 1. The van der Waals surface area contributed by atoms with Crippen LogP contribution in [0.5, 0.6) is 0 Å². The predicted octanol–water partition coefficient (Wildman–Crippen LogP) is 5.70. The fraction of sp³-hybridized carbons (Fsp3) is 0.696. The molecule has 0 spiro atoms. The second-order valence-corrected chi connectivity index (χ2v) is 9.11. The quantitative estimate of drug-likeness (QED) is 0.458. The number of anilines is 1. The van der Waals surface area contributed by atoms with Crippen molar-refractivity contribution in [1.29, 1.82) is 0 Å². The predicted molar refractivity (Wildman–Crippen MR) is 138 cm³/mol. The first-order valence-corrected chi connectivity index (χ1v) is 12.0. The van der Waals surface area contributed by atoms with Gasteiger partial charge in [-0.3, -0.25) is 4.68 Å². The Hall–Kier alpha value is -0.720. The van der Waals surface area contributed by atoms with Gasteiger partial charge in [0, 0.05) is 23.5 Å². The van der Waals surface area contributed by atoms with E-state index in [9.17, 15) is 0 Å². The summed E-state index contributed by atoms with van der Waals surface area (Å²) < 4.78 is 2.17. The molecule has 5 nitrogen and oxygen atoms in total. The highest BCUT2D eigenvalue weighted by Crippen LogP contribution is 2.26. The van der Waals surface area contributed by atoms with E-state index >= 15 is 0 Å². The first-order chi connectivity index (χ1) is 14.3. The summed E-state index contributed by atoms with van der Waals surface area (Å²) in [5.41, 5.74) is 1.19. The third-order valence-corrected chi connectivity index (χ3v) is 6.63. The molecule has 1 aromatic carbocycles. The van der Waals surface area contributed by atoms with Crippen LogP contribution in [0.1, 0.15) is 51.4 Å². The number of rotatable bonds is 9. The molecule has 0 atom stereocenters. The molecule has 2 aliphatic heterocycles. The van der Waals surface area contributed by atoms with Gasteiger partial charge in [-0.15, -0.1) is 24.8 Å². The number of benzene rings is 1. The van der Waals surface area contributed by atoms with Crippen molar-refractivity contribution in [2.24, 2.45) is 0 Å². The first kappa shape index (κ1) is 26.5. The molecule has 8 heteroatoms. The maximum Gasteiger partial charge on any atom is 0.156 e. The van der Waals surface area contributed by atoms with Gasteiger partial charge in [-0.05, 0) is 96.0 Å². The number of hydrogen-bond donors (Lipinski definition) is 1. The minimum atomic E-state index is 0. The lowest BCUT2D eigenvalue weighted by atomic mass is 10.2. The van der Waals surface area contributed by atoms with Crippen LogP contribution < -0.4 is 5.32 Å². The van der Waals surface area contributed by atoms with Crippen molar-refractivity contribution in [2.45, 2.75) is 57.9 Å². The van der Waals surface area contributed by atoms with Gasteiger partial charge in [-0.2, -0.15) is 5.10 Å². The van der Waals surface area contributed by atoms with Crippen LogP contribution in [-0.4, -0.2) is 65.4 Å². The van der Waals surface area contributed by atoms with Gasteiger partial charge in [-0.25, -0.2) is 0 Å². The van der Waals surface area contributed by atoms with Crippen LogP contribution in [-0.2, 0) is 6.54 Å². The SMILES string of the molecule is Cl.Cl.Clc1ccc2c(c1)c(NCCCN1CCCCCC1)nn2CCCN1CCCC1. The fourth-order valence-electron chi connectivity index (χ4n) is 4.77. The van der Waals surface area contributed by atoms with E-state index in [1.807, 2.05) is 6.07 Å². The Balaban J connectivity index is 0.00000171. The summed E-state index contributed by atoms with van der Waals surface area (Å²) in [4.78, 5) is 5.20. The van der Waals surface area contributed by atoms with Crippen LogP contribution >= 0.6 is 36.4 Å². The number of fused-ring (bicyclic) bond motifs is 1. The highest BCUT2D eigenvalue weighted by atomic mass is 35.5. The van der Waals surface area contributed by atoms with Gasteiger partial charge in [0.15, 0.2) is 5.82 Å². The Labute approximate surface area is 204 Å². The molecule has 0 saturated carbocycles. The third kappa shape index (κ3) is 7.68. The van der Waals surface area contributed by atoms with E-state index in [2.05, 4.69) is 31.9 Å². The standard InChI is InChI=1S/C23H36ClN5.2ClH/c24-20-9-10-22-21(19-20)23(25-11-7-16-27-12-3-1-2-4-13-27)26-29(22)18-8-17-28-14-5-6-15-28;;/h9-10,19H,1-8,11-18H2,(H,25,26);2*1H. The van der Waals surface area contributed by atoms with Crippen LogP contribution in [0.2, 0.25) is 5.02 Å². The summed E-state index contributed by atoms with van der Waals surface area (Å²) in [6.45, 7) is 9.34. The zero-order chi connectivity index (χ0) is 19.9. The van der Waals surface area contributed by atoms with Gasteiger partial charge < -0.3 is 15.1 Å². The monoisotopic (exact) mass is 489 g/mol. The van der Waals surface area contributed by atoms with E-state index in [-0.39, 0.29) is 24.8 Å². The smallest absolute Gasteiger partial charge is 0.156 e. The summed E-state index contributed by atoms with van der Waals surface area (Å²) in [7, 11) is 0. The van der Waals surface area contributed by atoms with Gasteiger partial charge in [0.05, 0.1) is 5.52 Å². The van der Waals surface area contributed by atoms with Gasteiger partial charge in [0.1, 0.15) is 0 Å². The summed E-state index contributed by atoms with van der Waals surface area (Å²) in [5, 5.41) is 10.4. The molecule has 2 saturated heterocycles. The lowest BCUT2D eigenvalue weighted by molar-refractivity contribution is 0.284. The van der Waals surface area contributed by atoms with Crippen LogP contribution in [0.15, 0.2) is 18.2 Å². The Morgan fingerprint density at radius 3 is 2.10 bits per heavy atom. The van der Waals surface area contributed by atoms with Gasteiger partial charge in [0.2, 0.25) is 0 Å². The molecule has 1 N–H and O–H groups in total. The molecule has 2 fully saturated rings. The molecule has 31 heavy (non-hydrogen) atoms. The normalized spacial score (nSPS) is 17.8. The summed E-state index contributed by atoms with van der Waals surface area (Å²) >= 11 is 6.29. The highest BCUT2D eigenvalue weighted by molar-refractivity contribution is 6.31. The minimum Gasteiger partial charge on any atom is -0.368 e. The summed E-state index contributed by atoms with van der Waals surface area (Å²) in [6, 6.07) is 6.15. The van der Waals surface area contributed by atoms with E-state index in [4.69, 9.17) is 16.7 Å². The average molecular weight is 491 g/mol. The average Bonchev–Trinajstić information content (AvgIpc) is 3.26. The second kappa shape index (κ2) is 13.7. The Morgan fingerprint density at radius 2 is 1.42 bits per heavy atom. The summed E-state index contributed by atoms with van der Waals surface area (Å²) in [6.07, 6.45) is 10.5. The Morgan fingerprint density at radius 1 is 0.806 bits per heavy atom. The molecule has 2 aliphatic rings. The Kier molecular flexibility index (Phi) is 11.8. The van der Waals surface area contributed by atoms with Gasteiger partial charge >= 0.3 is 0 Å². The number of aromatic nitrogens is 2. The van der Waals surface area contributed by atoms with Crippen molar-refractivity contribution < 1.29 is 0 Å². The second-order valence-electron chi connectivity index (χ2n) is 8.67. The Bertz CT molecular complexity index is 768. The van der Waals surface area contributed by atoms with Crippen molar-refractivity contribution in [1.82, 2.24) is 19.6 Å². The van der Waals surface area contributed by atoms with Gasteiger partial charge in [0.25, 0.3) is 0 Å². The van der Waals surface area contributed by atoms with E-state index < -0.39 is 0 Å². The first-order valence-electron chi connectivity index (χ1n) is 11.6. The van der Waals surface area contributed by atoms with Crippen molar-refractivity contribution in [3.8, 4) is 0 Å². The van der Waals surface area contributed by atoms with E-state index in [1.165, 1.54) is 83.3 Å². The molecule has 0 aliphatic carbocycles. The lowest BCUT2D eigenvalue weighted by Gasteiger charge is -2.19. The fourth-order valence-corrected chi connectivity index (χ4v) is 4.94. The molecule has 0 unspecified atom stereocenters. The van der Waals surface area contributed by atoms with Crippen molar-refractivity contribution in [3.05, 3.63) is 23.2 Å². The maximum atomic E-state index is 6.29. The van der Waals surface area contributed by atoms with Crippen molar-refractivity contribution in [2.75, 3.05) is 51.1 Å². The molecule has 1 aromatic heterocycles. The third-order valence-electron chi connectivity index (χ3n) is 6.40. The number of nitrogens with zero attached hydrogens (tertiary/aromatic N) is 4. The number of aryl methyl sites for hydroxylation is 1. The van der Waals surface area contributed by atoms with Crippen LogP contribution in [0, 0.1) is 0 Å². The van der Waals surface area contributed by atoms with E-state index in [1.54, 1.807) is 0 Å². The zero-order valence-electron chi connectivity index (χ0n) is 18.5. The van der Waals surface area contributed by atoms with Crippen molar-refractivity contribution in [3.63, 3.8) is 0 Å². The van der Waals surface area contributed by atoms with Crippen LogP contribution in [0.3, 0.4) is 0 Å². The molecule has 2 aromatic rings. The molecule has 0 bridgehead atoms. The molecule has 3 heterocycles. The molecule has 4 rings (SSSR count). The number of hydrogen-bond acceptors (Lipinski definition) is 4. The van der Waals surface area contributed by atoms with E-state index in [0.717, 1.165) is 42.2 Å². The molecule has 0 amide bonds. The van der Waals surface area contributed by atoms with Crippen molar-refractivity contribution >= 4 is 53.1 Å². The van der Waals surface area contributed by atoms with E-state index in [0.29, 0.717) is 0 Å². The number of halogens is 3. The minimum absolute atomic E-state index is 0. The van der Waals surface area contributed by atoms with Crippen LogP contribution in [0.25, 0.3) is 10.9 Å². The molecule has 0 radical (unpaired) electrons. The molecular weight excluding hydrogens is 453 g/mol. The lowest BCUT2D eigenvalue weighted by Crippen LogP contribution is -2.27.